The number of hydrogen-bond donors (Lipinski definition) is 3. The van der Waals surface area contributed by atoms with Gasteiger partial charge in [0.05, 0.1) is 18.8 Å². The number of carbonyl (C=O) groups is 1. The zero-order valence-electron chi connectivity index (χ0n) is 44.1. The molecule has 4 nitrogen and oxygen atoms in total. The average Bonchev–Trinajstić information content (AvgIpc) is 3.30. The van der Waals surface area contributed by atoms with Crippen LogP contribution in [0, 0.1) is 0 Å². The van der Waals surface area contributed by atoms with Crippen LogP contribution in [0.4, 0.5) is 0 Å². The molecule has 0 saturated carbocycles. The second-order valence-electron chi connectivity index (χ2n) is 20.8. The van der Waals surface area contributed by atoms with E-state index in [0.717, 1.165) is 25.7 Å². The van der Waals surface area contributed by atoms with Gasteiger partial charge in [0.25, 0.3) is 0 Å². The van der Waals surface area contributed by atoms with E-state index in [1.54, 1.807) is 0 Å². The number of amides is 1. The van der Waals surface area contributed by atoms with E-state index in [-0.39, 0.29) is 12.5 Å². The van der Waals surface area contributed by atoms with Crippen molar-refractivity contribution in [3.8, 4) is 0 Å². The molecular formula is C60H119NO3. The Morgan fingerprint density at radius 1 is 0.359 bits per heavy atom. The molecule has 0 aromatic rings. The van der Waals surface area contributed by atoms with Crippen LogP contribution in [-0.2, 0) is 4.79 Å². The van der Waals surface area contributed by atoms with Gasteiger partial charge in [0.1, 0.15) is 0 Å². The third-order valence-corrected chi connectivity index (χ3v) is 14.3. The lowest BCUT2D eigenvalue weighted by atomic mass is 10.0. The molecule has 0 aromatic carbocycles. The highest BCUT2D eigenvalue weighted by Gasteiger charge is 2.20. The topological polar surface area (TPSA) is 69.6 Å². The third kappa shape index (κ3) is 52.1. The predicted molar refractivity (Wildman–Crippen MR) is 286 cm³/mol. The minimum Gasteiger partial charge on any atom is -0.394 e. The van der Waals surface area contributed by atoms with Gasteiger partial charge in [0.2, 0.25) is 5.91 Å². The lowest BCUT2D eigenvalue weighted by Crippen LogP contribution is -2.45. The highest BCUT2D eigenvalue weighted by atomic mass is 16.3. The summed E-state index contributed by atoms with van der Waals surface area (Å²) in [6, 6.07) is -0.534. The van der Waals surface area contributed by atoms with Gasteiger partial charge in [-0.05, 0) is 38.5 Å². The number of unbranched alkanes of at least 4 members (excludes halogenated alkanes) is 47. The van der Waals surface area contributed by atoms with Gasteiger partial charge in [-0.25, -0.2) is 0 Å². The van der Waals surface area contributed by atoms with Crippen molar-refractivity contribution >= 4 is 5.91 Å². The molecular weight excluding hydrogens is 783 g/mol. The summed E-state index contributed by atoms with van der Waals surface area (Å²) in [5.74, 6) is -0.0235. The van der Waals surface area contributed by atoms with Crippen LogP contribution in [0.1, 0.15) is 348 Å². The minimum atomic E-state index is -0.657. The zero-order valence-corrected chi connectivity index (χ0v) is 44.1. The van der Waals surface area contributed by atoms with Crippen LogP contribution in [0.3, 0.4) is 0 Å². The van der Waals surface area contributed by atoms with Gasteiger partial charge in [-0.15, -0.1) is 0 Å². The van der Waals surface area contributed by atoms with Gasteiger partial charge >= 0.3 is 0 Å². The minimum absolute atomic E-state index is 0.0235. The van der Waals surface area contributed by atoms with Crippen molar-refractivity contribution in [1.82, 2.24) is 5.32 Å². The normalized spacial score (nSPS) is 12.8. The van der Waals surface area contributed by atoms with Crippen LogP contribution in [0.25, 0.3) is 0 Å². The molecule has 382 valence electrons. The lowest BCUT2D eigenvalue weighted by molar-refractivity contribution is -0.123. The lowest BCUT2D eigenvalue weighted by Gasteiger charge is -2.22. The van der Waals surface area contributed by atoms with Gasteiger partial charge in [-0.3, -0.25) is 4.79 Å². The Kier molecular flexibility index (Phi) is 55.7. The smallest absolute Gasteiger partial charge is 0.220 e. The highest BCUT2D eigenvalue weighted by molar-refractivity contribution is 5.76. The van der Waals surface area contributed by atoms with Crippen LogP contribution in [-0.4, -0.2) is 34.9 Å². The van der Waals surface area contributed by atoms with Crippen molar-refractivity contribution in [3.63, 3.8) is 0 Å². The molecule has 0 aliphatic heterocycles. The molecule has 1 amide bonds. The van der Waals surface area contributed by atoms with E-state index in [1.807, 2.05) is 0 Å². The van der Waals surface area contributed by atoms with E-state index < -0.39 is 12.1 Å². The van der Waals surface area contributed by atoms with Crippen LogP contribution >= 0.6 is 0 Å². The first-order valence-corrected chi connectivity index (χ1v) is 29.9. The third-order valence-electron chi connectivity index (χ3n) is 14.3. The summed E-state index contributed by atoms with van der Waals surface area (Å²) in [6.07, 6.45) is 73.6. The molecule has 0 aliphatic carbocycles. The number of carbonyl (C=O) groups excluding carboxylic acids is 1. The second-order valence-corrected chi connectivity index (χ2v) is 20.8. The van der Waals surface area contributed by atoms with Crippen molar-refractivity contribution in [2.24, 2.45) is 0 Å². The first-order valence-electron chi connectivity index (χ1n) is 29.9. The molecule has 0 radical (unpaired) electrons. The summed E-state index contributed by atoms with van der Waals surface area (Å²) in [7, 11) is 0. The first kappa shape index (κ1) is 63.1. The molecule has 0 aliphatic rings. The molecule has 0 fully saturated rings. The van der Waals surface area contributed by atoms with Crippen molar-refractivity contribution < 1.29 is 15.0 Å². The fourth-order valence-corrected chi connectivity index (χ4v) is 9.71. The summed E-state index contributed by atoms with van der Waals surface area (Å²) < 4.78 is 0. The van der Waals surface area contributed by atoms with Crippen molar-refractivity contribution in [2.75, 3.05) is 6.61 Å². The number of aliphatic hydroxyl groups is 2. The fourth-order valence-electron chi connectivity index (χ4n) is 9.71. The van der Waals surface area contributed by atoms with E-state index in [1.165, 1.54) is 295 Å². The number of aliphatic hydroxyl groups excluding tert-OH is 2. The molecule has 4 heteroatoms. The standard InChI is InChI=1S/C60H119NO3/c1-3-5-7-9-11-13-15-17-19-21-23-25-27-29-30-32-34-36-38-40-42-44-46-48-50-52-54-56-60(64)61-58(57-62)59(63)55-53-51-49-47-45-43-41-39-37-35-33-31-28-26-24-22-20-18-16-14-12-10-8-6-4-2/h21,23,58-59,62-63H,3-20,22,24-57H2,1-2H3,(H,61,64)/b23-21-. The largest absolute Gasteiger partial charge is 0.394 e. The van der Waals surface area contributed by atoms with Gasteiger partial charge < -0.3 is 15.5 Å². The first-order chi connectivity index (χ1) is 31.7. The molecule has 0 aromatic heterocycles. The van der Waals surface area contributed by atoms with Gasteiger partial charge in [-0.1, -0.05) is 315 Å². The molecule has 0 saturated heterocycles. The average molecular weight is 903 g/mol. The van der Waals surface area contributed by atoms with E-state index in [2.05, 4.69) is 31.3 Å². The molecule has 64 heavy (non-hydrogen) atoms. The maximum Gasteiger partial charge on any atom is 0.220 e. The number of rotatable bonds is 56. The summed E-state index contributed by atoms with van der Waals surface area (Å²) >= 11 is 0. The molecule has 0 bridgehead atoms. The molecule has 0 heterocycles. The molecule has 0 rings (SSSR count). The monoisotopic (exact) mass is 902 g/mol. The van der Waals surface area contributed by atoms with Crippen LogP contribution < -0.4 is 5.32 Å². The quantitative estimate of drug-likeness (QED) is 0.0421. The SMILES string of the molecule is CCCCCCCCCC/C=C\CCCCCCCCCCCCCCCCCC(=O)NC(CO)C(O)CCCCCCCCCCCCCCCCCCCCCCCCCCC. The Bertz CT molecular complexity index is 890. The van der Waals surface area contributed by atoms with Crippen molar-refractivity contribution in [3.05, 3.63) is 12.2 Å². The maximum absolute atomic E-state index is 12.5. The van der Waals surface area contributed by atoms with Gasteiger partial charge in [-0.2, -0.15) is 0 Å². The summed E-state index contributed by atoms with van der Waals surface area (Å²) in [5.41, 5.74) is 0. The van der Waals surface area contributed by atoms with Gasteiger partial charge in [0.15, 0.2) is 0 Å². The number of allylic oxidation sites excluding steroid dienone is 2. The maximum atomic E-state index is 12.5. The van der Waals surface area contributed by atoms with E-state index in [0.29, 0.717) is 12.8 Å². The molecule has 0 spiro atoms. The van der Waals surface area contributed by atoms with Crippen LogP contribution in [0.2, 0.25) is 0 Å². The predicted octanol–water partition coefficient (Wildman–Crippen LogP) is 19.7. The number of nitrogens with one attached hydrogen (secondary N) is 1. The Labute approximate surface area is 403 Å². The van der Waals surface area contributed by atoms with Gasteiger partial charge in [0, 0.05) is 6.42 Å². The Morgan fingerprint density at radius 3 is 0.859 bits per heavy atom. The van der Waals surface area contributed by atoms with Crippen molar-refractivity contribution in [2.45, 2.75) is 360 Å². The number of hydrogen-bond acceptors (Lipinski definition) is 3. The van der Waals surface area contributed by atoms with E-state index in [4.69, 9.17) is 0 Å². The molecule has 2 atom stereocenters. The zero-order chi connectivity index (χ0) is 46.3. The van der Waals surface area contributed by atoms with Crippen LogP contribution in [0.5, 0.6) is 0 Å². The Hall–Kier alpha value is -0.870. The Balaban J connectivity index is 3.41. The summed E-state index contributed by atoms with van der Waals surface area (Å²) in [4.78, 5) is 12.5. The summed E-state index contributed by atoms with van der Waals surface area (Å²) in [5, 5.41) is 23.4. The van der Waals surface area contributed by atoms with Crippen molar-refractivity contribution in [1.29, 1.82) is 0 Å². The molecule has 3 N–H and O–H groups in total. The van der Waals surface area contributed by atoms with Crippen LogP contribution in [0.15, 0.2) is 12.2 Å². The summed E-state index contributed by atoms with van der Waals surface area (Å²) in [6.45, 7) is 4.40. The van der Waals surface area contributed by atoms with E-state index in [9.17, 15) is 15.0 Å². The van der Waals surface area contributed by atoms with E-state index >= 15 is 0 Å². The molecule has 2 unspecified atom stereocenters. The second kappa shape index (κ2) is 56.5. The fraction of sp³-hybridized carbons (Fsp3) is 0.950. The Morgan fingerprint density at radius 2 is 0.594 bits per heavy atom. The highest BCUT2D eigenvalue weighted by Crippen LogP contribution is 2.18.